The molecule has 0 saturated heterocycles. The first-order chi connectivity index (χ1) is 35.4. The summed E-state index contributed by atoms with van der Waals surface area (Å²) >= 11 is 29.4. The Morgan fingerprint density at radius 3 is 1.47 bits per heavy atom. The Labute approximate surface area is 472 Å². The third kappa shape index (κ3) is 16.0. The topological polar surface area (TPSA) is 195 Å². The van der Waals surface area contributed by atoms with Crippen molar-refractivity contribution in [2.75, 3.05) is 31.9 Å². The molecule has 0 saturated carbocycles. The number of aliphatic imine (C=N–C) groups is 2. The highest BCUT2D eigenvalue weighted by Crippen LogP contribution is 2.40. The number of guanidine groups is 1. The molecule has 12 rings (SSSR count). The molecule has 5 heterocycles. The van der Waals surface area contributed by atoms with E-state index in [-0.39, 0.29) is 24.8 Å². The fourth-order valence-electron chi connectivity index (χ4n) is 8.35. The van der Waals surface area contributed by atoms with Crippen LogP contribution in [0.25, 0.3) is 11.1 Å². The van der Waals surface area contributed by atoms with Gasteiger partial charge in [-0.1, -0.05) is 70.1 Å². The molecule has 0 bridgehead atoms. The summed E-state index contributed by atoms with van der Waals surface area (Å²) in [6.07, 6.45) is 19.0. The number of nitrogen functional groups attached to an aromatic ring is 1. The zero-order valence-corrected chi connectivity index (χ0v) is 45.6. The SMILES string of the molecule is Cl.Cl.Clc1ccc2c(c1)C1=C(CNCC1)C2.N=C(n1ccnc1)n1ccnc1.NC(=Nc1ccc(Cl)cc1)N1CCC2=C(Cc3ccc(Cl)cc32)C1.NC(=Nc1ccc(Cl)cc1)n1ccnc1.Nc1ccc(Cl)cc1. The van der Waals surface area contributed by atoms with E-state index in [2.05, 4.69) is 59.4 Å². The Bertz CT molecular complexity index is 3190. The van der Waals surface area contributed by atoms with Gasteiger partial charge in [-0.15, -0.1) is 24.8 Å². The maximum atomic E-state index is 7.65. The van der Waals surface area contributed by atoms with Crippen LogP contribution in [0.5, 0.6) is 0 Å². The number of halogens is 7. The van der Waals surface area contributed by atoms with Gasteiger partial charge in [-0.3, -0.25) is 19.1 Å². The molecule has 2 aliphatic carbocycles. The van der Waals surface area contributed by atoms with E-state index in [0.29, 0.717) is 27.9 Å². The first-order valence-electron chi connectivity index (χ1n) is 23.1. The van der Waals surface area contributed by atoms with Crippen LogP contribution in [0, 0.1) is 5.41 Å². The van der Waals surface area contributed by atoms with Crippen molar-refractivity contribution < 1.29 is 0 Å². The van der Waals surface area contributed by atoms with Crippen LogP contribution in [-0.4, -0.2) is 77.6 Å². The second-order valence-electron chi connectivity index (χ2n) is 16.9. The van der Waals surface area contributed by atoms with Gasteiger partial charge < -0.3 is 27.4 Å². The molecule has 2 aliphatic heterocycles. The molecule has 0 atom stereocenters. The zero-order valence-electron chi connectivity index (χ0n) is 40.2. The fraction of sp³-hybridized carbons (Fsp3) is 0.148. The highest BCUT2D eigenvalue weighted by atomic mass is 35.5. The predicted octanol–water partition coefficient (Wildman–Crippen LogP) is 12.5. The molecule has 5 aromatic carbocycles. The van der Waals surface area contributed by atoms with Gasteiger partial charge in [0.15, 0.2) is 5.96 Å². The third-order valence-electron chi connectivity index (χ3n) is 12.0. The van der Waals surface area contributed by atoms with E-state index < -0.39 is 0 Å². The van der Waals surface area contributed by atoms with Crippen LogP contribution in [-0.2, 0) is 12.8 Å². The summed E-state index contributed by atoms with van der Waals surface area (Å²) < 4.78 is 4.83. The van der Waals surface area contributed by atoms with Crippen molar-refractivity contribution in [1.82, 2.24) is 38.9 Å². The van der Waals surface area contributed by atoms with Crippen molar-refractivity contribution in [3.63, 3.8) is 0 Å². The summed E-state index contributed by atoms with van der Waals surface area (Å²) in [6.45, 7) is 3.85. The average molecular weight is 1150 g/mol. The minimum absolute atomic E-state index is 0. The van der Waals surface area contributed by atoms with Gasteiger partial charge in [0.05, 0.1) is 11.4 Å². The number of anilines is 1. The molecule has 0 radical (unpaired) electrons. The van der Waals surface area contributed by atoms with E-state index in [1.807, 2.05) is 36.4 Å². The zero-order chi connectivity index (χ0) is 51.3. The van der Waals surface area contributed by atoms with Gasteiger partial charge in [-0.25, -0.2) is 24.9 Å². The van der Waals surface area contributed by atoms with Crippen molar-refractivity contribution in [1.29, 1.82) is 5.41 Å². The monoisotopic (exact) mass is 1140 g/mol. The second kappa shape index (κ2) is 27.8. The Morgan fingerprint density at radius 2 is 0.987 bits per heavy atom. The van der Waals surface area contributed by atoms with Crippen molar-refractivity contribution in [2.24, 2.45) is 21.5 Å². The molecule has 8 aromatic rings. The Balaban J connectivity index is 0.000000158. The van der Waals surface area contributed by atoms with Gasteiger partial charge in [0.1, 0.15) is 19.0 Å². The first kappa shape index (κ1) is 57.7. The fourth-order valence-corrected chi connectivity index (χ4v) is 9.08. The number of nitrogens with two attached hydrogens (primary N) is 3. The number of benzene rings is 5. The third-order valence-corrected chi connectivity index (χ3v) is 13.2. The van der Waals surface area contributed by atoms with Crippen molar-refractivity contribution in [2.45, 2.75) is 25.7 Å². The van der Waals surface area contributed by atoms with Gasteiger partial charge in [-0.05, 0) is 174 Å². The van der Waals surface area contributed by atoms with Gasteiger partial charge in [-0.2, -0.15) is 0 Å². The summed E-state index contributed by atoms with van der Waals surface area (Å²) in [7, 11) is 0. The quantitative estimate of drug-likeness (QED) is 0.0640. The lowest BCUT2D eigenvalue weighted by atomic mass is 9.99. The van der Waals surface area contributed by atoms with E-state index in [1.54, 1.807) is 130 Å². The van der Waals surface area contributed by atoms with E-state index in [0.717, 1.165) is 84.0 Å². The molecule has 388 valence electrons. The molecule has 14 nitrogen and oxygen atoms in total. The van der Waals surface area contributed by atoms with Gasteiger partial charge >= 0.3 is 0 Å². The summed E-state index contributed by atoms with van der Waals surface area (Å²) in [6, 6.07) is 34.0. The molecular weight excluding hydrogens is 1090 g/mol. The summed E-state index contributed by atoms with van der Waals surface area (Å²) in [4.78, 5) is 22.4. The molecule has 0 unspecified atom stereocenters. The van der Waals surface area contributed by atoms with E-state index >= 15 is 0 Å². The molecule has 75 heavy (non-hydrogen) atoms. The van der Waals surface area contributed by atoms with E-state index in [4.69, 9.17) is 80.6 Å². The maximum Gasteiger partial charge on any atom is 0.212 e. The number of rotatable bonds is 2. The van der Waals surface area contributed by atoms with Crippen LogP contribution in [0.1, 0.15) is 35.1 Å². The van der Waals surface area contributed by atoms with Crippen LogP contribution >= 0.6 is 82.8 Å². The molecule has 0 amide bonds. The number of imidazole rings is 3. The second-order valence-corrected chi connectivity index (χ2v) is 19.1. The molecular formula is C54H53Cl7N14. The lowest BCUT2D eigenvalue weighted by Crippen LogP contribution is -2.41. The molecule has 3 aromatic heterocycles. The molecule has 4 aliphatic rings. The van der Waals surface area contributed by atoms with Crippen molar-refractivity contribution >= 4 is 129 Å². The van der Waals surface area contributed by atoms with Gasteiger partial charge in [0.25, 0.3) is 0 Å². The minimum Gasteiger partial charge on any atom is -0.399 e. The van der Waals surface area contributed by atoms with Crippen LogP contribution in [0.3, 0.4) is 0 Å². The maximum absolute atomic E-state index is 7.65. The Morgan fingerprint density at radius 1 is 0.547 bits per heavy atom. The summed E-state index contributed by atoms with van der Waals surface area (Å²) in [5.74, 6) is 1.23. The normalized spacial score (nSPS) is 14.0. The van der Waals surface area contributed by atoms with E-state index in [9.17, 15) is 0 Å². The highest BCUT2D eigenvalue weighted by Gasteiger charge is 2.28. The lowest BCUT2D eigenvalue weighted by molar-refractivity contribution is 0.440. The largest absolute Gasteiger partial charge is 0.399 e. The number of aromatic nitrogens is 6. The smallest absolute Gasteiger partial charge is 0.212 e. The number of nitrogens with zero attached hydrogens (tertiary/aromatic N) is 9. The van der Waals surface area contributed by atoms with Crippen molar-refractivity contribution in [3.8, 4) is 0 Å². The highest BCUT2D eigenvalue weighted by molar-refractivity contribution is 6.32. The standard InChI is InChI=1S/C19H17Cl2N3.C12H12ClN.C10H9ClN4.C7H7N5.C6H6ClN.2ClH/c20-14-3-5-16(6-4-14)23-19(22)24-8-7-17-13(11-24)9-12-1-2-15(21)10-18(12)17;13-10-2-1-8-5-9-7-14-4-3-11(9)12(8)6-10;11-8-1-3-9(4-2-8)14-10(12)15-6-5-13-7-15;8-7(11-3-1-9-5-11)12-4-2-10-6-12;7-5-1-3-6(8)4-2-5;;/h1-6,10H,7-9,11H2,(H2,22,23);1-2,6,14H,3-5,7H2;1-7H,(H2,12,14);1-6,8H;1-4H,8H2;2*1H. The first-order valence-corrected chi connectivity index (χ1v) is 24.9. The number of fused-ring (bicyclic) bond motifs is 4. The number of hydrogen-bond acceptors (Lipinski definition) is 8. The van der Waals surface area contributed by atoms with Crippen LogP contribution in [0.4, 0.5) is 17.1 Å². The Kier molecular flexibility index (Phi) is 21.4. The van der Waals surface area contributed by atoms with Crippen LogP contribution < -0.4 is 22.5 Å². The van der Waals surface area contributed by atoms with Crippen LogP contribution in [0.2, 0.25) is 25.1 Å². The molecule has 21 heteroatoms. The van der Waals surface area contributed by atoms with Gasteiger partial charge in [0.2, 0.25) is 11.9 Å². The molecule has 0 spiro atoms. The molecule has 0 fully saturated rings. The molecule has 8 N–H and O–H groups in total. The number of hydrogen-bond donors (Lipinski definition) is 5. The lowest BCUT2D eigenvalue weighted by Gasteiger charge is -2.29. The average Bonchev–Trinajstić information content (AvgIpc) is 4.28. The van der Waals surface area contributed by atoms with Gasteiger partial charge in [0, 0.05) is 87.6 Å². The van der Waals surface area contributed by atoms with E-state index in [1.165, 1.54) is 33.4 Å². The predicted molar refractivity (Wildman–Crippen MR) is 314 cm³/mol. The summed E-state index contributed by atoms with van der Waals surface area (Å²) in [5.41, 5.74) is 31.1. The number of nitrogens with one attached hydrogen (secondary N) is 2. The van der Waals surface area contributed by atoms with Crippen LogP contribution in [0.15, 0.2) is 186 Å². The van der Waals surface area contributed by atoms with Crippen molar-refractivity contribution in [3.05, 3.63) is 224 Å². The minimum atomic E-state index is 0. The summed E-state index contributed by atoms with van der Waals surface area (Å²) in [5, 5.41) is 14.8. The Hall–Kier alpha value is -6.59.